The molecule has 2 aromatic carbocycles. The van der Waals surface area contributed by atoms with E-state index >= 15 is 0 Å². The summed E-state index contributed by atoms with van der Waals surface area (Å²) in [5.41, 5.74) is 2.15. The SMILES string of the molecule is CCOc1ccc(Br)cc1CNc1ccc(Cl)cc1. The maximum absolute atomic E-state index is 5.86. The number of ether oxygens (including phenoxy) is 1. The van der Waals surface area contributed by atoms with Crippen molar-refractivity contribution in [2.75, 3.05) is 11.9 Å². The van der Waals surface area contributed by atoms with E-state index in [4.69, 9.17) is 16.3 Å². The van der Waals surface area contributed by atoms with Crippen molar-refractivity contribution < 1.29 is 4.74 Å². The Morgan fingerprint density at radius 3 is 2.58 bits per heavy atom. The normalized spacial score (nSPS) is 10.3. The zero-order chi connectivity index (χ0) is 13.7. The van der Waals surface area contributed by atoms with Crippen molar-refractivity contribution in [2.24, 2.45) is 0 Å². The standard InChI is InChI=1S/C15H15BrClNO/c1-2-19-15-8-3-12(16)9-11(15)10-18-14-6-4-13(17)5-7-14/h3-9,18H,2,10H2,1H3. The van der Waals surface area contributed by atoms with Crippen LogP contribution in [0.1, 0.15) is 12.5 Å². The van der Waals surface area contributed by atoms with Crippen LogP contribution in [0.4, 0.5) is 5.69 Å². The predicted molar refractivity (Wildman–Crippen MR) is 84.1 cm³/mol. The van der Waals surface area contributed by atoms with Crippen LogP contribution in [-0.4, -0.2) is 6.61 Å². The smallest absolute Gasteiger partial charge is 0.124 e. The van der Waals surface area contributed by atoms with Crippen LogP contribution in [0.5, 0.6) is 5.75 Å². The van der Waals surface area contributed by atoms with Crippen LogP contribution in [0.25, 0.3) is 0 Å². The van der Waals surface area contributed by atoms with E-state index < -0.39 is 0 Å². The maximum Gasteiger partial charge on any atom is 0.124 e. The van der Waals surface area contributed by atoms with Crippen LogP contribution in [0, 0.1) is 0 Å². The Morgan fingerprint density at radius 2 is 1.89 bits per heavy atom. The van der Waals surface area contributed by atoms with E-state index in [0.29, 0.717) is 13.2 Å². The molecule has 2 aromatic rings. The van der Waals surface area contributed by atoms with Gasteiger partial charge < -0.3 is 10.1 Å². The Balaban J connectivity index is 2.09. The summed E-state index contributed by atoms with van der Waals surface area (Å²) in [4.78, 5) is 0. The third-order valence-electron chi connectivity index (χ3n) is 2.65. The highest BCUT2D eigenvalue weighted by atomic mass is 79.9. The molecule has 0 aliphatic carbocycles. The Labute approximate surface area is 126 Å². The fraction of sp³-hybridized carbons (Fsp3) is 0.200. The van der Waals surface area contributed by atoms with Gasteiger partial charge in [0.2, 0.25) is 0 Å². The molecule has 0 aliphatic rings. The fourth-order valence-electron chi connectivity index (χ4n) is 1.75. The molecule has 0 radical (unpaired) electrons. The zero-order valence-electron chi connectivity index (χ0n) is 10.6. The number of benzene rings is 2. The quantitative estimate of drug-likeness (QED) is 0.816. The molecule has 4 heteroatoms. The Bertz CT molecular complexity index is 542. The first kappa shape index (κ1) is 14.2. The van der Waals surface area contributed by atoms with Crippen molar-refractivity contribution in [2.45, 2.75) is 13.5 Å². The number of hydrogen-bond acceptors (Lipinski definition) is 2. The van der Waals surface area contributed by atoms with Crippen LogP contribution in [0.2, 0.25) is 5.02 Å². The largest absolute Gasteiger partial charge is 0.494 e. The van der Waals surface area contributed by atoms with E-state index in [1.165, 1.54) is 0 Å². The summed E-state index contributed by atoms with van der Waals surface area (Å²) in [6, 6.07) is 13.7. The second kappa shape index (κ2) is 6.83. The van der Waals surface area contributed by atoms with E-state index in [1.807, 2.05) is 43.3 Å². The topological polar surface area (TPSA) is 21.3 Å². The molecular formula is C15H15BrClNO. The molecule has 0 bridgehead atoms. The van der Waals surface area contributed by atoms with Crippen molar-refractivity contribution in [1.29, 1.82) is 0 Å². The van der Waals surface area contributed by atoms with Gasteiger partial charge in [0.25, 0.3) is 0 Å². The minimum Gasteiger partial charge on any atom is -0.494 e. The third-order valence-corrected chi connectivity index (χ3v) is 3.39. The molecule has 0 aliphatic heterocycles. The zero-order valence-corrected chi connectivity index (χ0v) is 13.0. The first-order valence-corrected chi connectivity index (χ1v) is 7.27. The number of nitrogens with one attached hydrogen (secondary N) is 1. The van der Waals surface area contributed by atoms with Gasteiger partial charge in [-0.25, -0.2) is 0 Å². The highest BCUT2D eigenvalue weighted by molar-refractivity contribution is 9.10. The van der Waals surface area contributed by atoms with E-state index in [-0.39, 0.29) is 0 Å². The molecule has 19 heavy (non-hydrogen) atoms. The van der Waals surface area contributed by atoms with Crippen LogP contribution in [0.3, 0.4) is 0 Å². The molecule has 2 nitrogen and oxygen atoms in total. The van der Waals surface area contributed by atoms with Crippen LogP contribution in [-0.2, 0) is 6.54 Å². The van der Waals surface area contributed by atoms with Crippen LogP contribution >= 0.6 is 27.5 Å². The first-order chi connectivity index (χ1) is 9.19. The molecule has 0 saturated heterocycles. The van der Waals surface area contributed by atoms with Crippen LogP contribution < -0.4 is 10.1 Å². The third kappa shape index (κ3) is 4.15. The second-order valence-corrected chi connectivity index (χ2v) is 5.40. The molecule has 0 aromatic heterocycles. The van der Waals surface area contributed by atoms with E-state index in [1.54, 1.807) is 0 Å². The Kier molecular flexibility index (Phi) is 5.11. The molecule has 0 spiro atoms. The van der Waals surface area contributed by atoms with Crippen LogP contribution in [0.15, 0.2) is 46.9 Å². The van der Waals surface area contributed by atoms with Crippen molar-refractivity contribution in [3.8, 4) is 5.75 Å². The second-order valence-electron chi connectivity index (χ2n) is 4.05. The lowest BCUT2D eigenvalue weighted by molar-refractivity contribution is 0.337. The van der Waals surface area contributed by atoms with Gasteiger partial charge in [-0.1, -0.05) is 27.5 Å². The summed E-state index contributed by atoms with van der Waals surface area (Å²) in [5, 5.41) is 4.09. The van der Waals surface area contributed by atoms with Crippen molar-refractivity contribution >= 4 is 33.2 Å². The maximum atomic E-state index is 5.86. The van der Waals surface area contributed by atoms with Crippen molar-refractivity contribution in [3.63, 3.8) is 0 Å². The lowest BCUT2D eigenvalue weighted by Gasteiger charge is -2.12. The van der Waals surface area contributed by atoms with Gasteiger partial charge in [0.05, 0.1) is 6.61 Å². The number of hydrogen-bond donors (Lipinski definition) is 1. The van der Waals surface area contributed by atoms with E-state index in [9.17, 15) is 0 Å². The van der Waals surface area contributed by atoms with Gasteiger partial charge >= 0.3 is 0 Å². The highest BCUT2D eigenvalue weighted by Crippen LogP contribution is 2.24. The first-order valence-electron chi connectivity index (χ1n) is 6.09. The molecule has 0 saturated carbocycles. The molecule has 0 unspecified atom stereocenters. The van der Waals surface area contributed by atoms with E-state index in [0.717, 1.165) is 26.5 Å². The molecule has 1 N–H and O–H groups in total. The number of anilines is 1. The molecule has 0 heterocycles. The van der Waals surface area contributed by atoms with Gasteiger partial charge in [-0.05, 0) is 49.4 Å². The predicted octanol–water partition coefficient (Wildman–Crippen LogP) is 5.11. The highest BCUT2D eigenvalue weighted by Gasteiger charge is 2.04. The minimum absolute atomic E-state index is 0.662. The summed E-state index contributed by atoms with van der Waals surface area (Å²) < 4.78 is 6.66. The van der Waals surface area contributed by atoms with Crippen molar-refractivity contribution in [1.82, 2.24) is 0 Å². The lowest BCUT2D eigenvalue weighted by Crippen LogP contribution is -2.03. The van der Waals surface area contributed by atoms with Crippen molar-refractivity contribution in [3.05, 3.63) is 57.5 Å². The van der Waals surface area contributed by atoms with Gasteiger partial charge in [0, 0.05) is 27.3 Å². The Hall–Kier alpha value is -1.19. The minimum atomic E-state index is 0.662. The van der Waals surface area contributed by atoms with Gasteiger partial charge in [0.1, 0.15) is 5.75 Å². The van der Waals surface area contributed by atoms with Gasteiger partial charge in [-0.2, -0.15) is 0 Å². The summed E-state index contributed by atoms with van der Waals surface area (Å²) in [7, 11) is 0. The fourth-order valence-corrected chi connectivity index (χ4v) is 2.28. The Morgan fingerprint density at radius 1 is 1.16 bits per heavy atom. The molecule has 0 fully saturated rings. The van der Waals surface area contributed by atoms with Gasteiger partial charge in [0.15, 0.2) is 0 Å². The lowest BCUT2D eigenvalue weighted by atomic mass is 10.2. The molecule has 0 amide bonds. The summed E-state index contributed by atoms with van der Waals surface area (Å²) in [6.07, 6.45) is 0. The number of rotatable bonds is 5. The van der Waals surface area contributed by atoms with E-state index in [2.05, 4.69) is 27.3 Å². The summed E-state index contributed by atoms with van der Waals surface area (Å²) in [5.74, 6) is 0.909. The molecule has 2 rings (SSSR count). The van der Waals surface area contributed by atoms with Gasteiger partial charge in [-0.3, -0.25) is 0 Å². The molecule has 0 atom stereocenters. The molecular weight excluding hydrogens is 326 g/mol. The summed E-state index contributed by atoms with van der Waals surface area (Å²) >= 11 is 9.34. The average Bonchev–Trinajstić information content (AvgIpc) is 2.41. The summed E-state index contributed by atoms with van der Waals surface area (Å²) in [6.45, 7) is 3.35. The van der Waals surface area contributed by atoms with Gasteiger partial charge in [-0.15, -0.1) is 0 Å². The molecule has 100 valence electrons. The number of halogens is 2. The average molecular weight is 341 g/mol. The monoisotopic (exact) mass is 339 g/mol.